The molecule has 0 spiro atoms. The Morgan fingerprint density at radius 3 is 2.20 bits per heavy atom. The van der Waals surface area contributed by atoms with Gasteiger partial charge in [0.15, 0.2) is 0 Å². The number of likely N-dealkylation sites (tertiary alicyclic amines) is 1. The largest absolute Gasteiger partial charge is 0.379 e. The molecule has 0 N–H and O–H groups in total. The number of benzene rings is 1. The van der Waals surface area contributed by atoms with E-state index < -0.39 is 10.0 Å². The minimum atomic E-state index is -3.39. The molecule has 6 heteroatoms. The Morgan fingerprint density at radius 2 is 1.64 bits per heavy atom. The Hall–Kier alpha value is -0.950. The molecule has 1 aromatic rings. The average molecular weight is 367 g/mol. The fraction of sp³-hybridized carbons (Fsp3) is 0.684. The standard InChI is InChI=1S/C19H30N2O3S/c1-16(2)18-7-9-20(10-8-18)15-17-3-5-19(6-4-17)25(22,23)21-11-13-24-14-12-21/h3-6,16,18H,7-15H2,1-2H3. The van der Waals surface area contributed by atoms with Gasteiger partial charge in [0.1, 0.15) is 0 Å². The van der Waals surface area contributed by atoms with Gasteiger partial charge in [-0.2, -0.15) is 4.31 Å². The quantitative estimate of drug-likeness (QED) is 0.804. The van der Waals surface area contributed by atoms with Gasteiger partial charge in [-0.15, -0.1) is 0 Å². The van der Waals surface area contributed by atoms with Gasteiger partial charge in [0.05, 0.1) is 18.1 Å². The van der Waals surface area contributed by atoms with Crippen LogP contribution in [-0.2, 0) is 21.3 Å². The Labute approximate surface area is 152 Å². The van der Waals surface area contributed by atoms with Crippen molar-refractivity contribution >= 4 is 10.0 Å². The number of rotatable bonds is 5. The first kappa shape index (κ1) is 18.8. The molecule has 140 valence electrons. The van der Waals surface area contributed by atoms with E-state index in [1.54, 1.807) is 12.1 Å². The lowest BCUT2D eigenvalue weighted by molar-refractivity contribution is 0.0730. The molecule has 2 fully saturated rings. The summed E-state index contributed by atoms with van der Waals surface area (Å²) in [5.41, 5.74) is 1.18. The number of hydrogen-bond donors (Lipinski definition) is 0. The smallest absolute Gasteiger partial charge is 0.243 e. The highest BCUT2D eigenvalue weighted by molar-refractivity contribution is 7.89. The highest BCUT2D eigenvalue weighted by Crippen LogP contribution is 2.25. The predicted octanol–water partition coefficient (Wildman–Crippen LogP) is 2.58. The third kappa shape index (κ3) is 4.61. The number of piperidine rings is 1. The zero-order valence-electron chi connectivity index (χ0n) is 15.4. The van der Waals surface area contributed by atoms with Gasteiger partial charge in [0.2, 0.25) is 10.0 Å². The lowest BCUT2D eigenvalue weighted by Crippen LogP contribution is -2.40. The van der Waals surface area contributed by atoms with Crippen LogP contribution < -0.4 is 0 Å². The second kappa shape index (κ2) is 8.16. The lowest BCUT2D eigenvalue weighted by atomic mass is 9.86. The maximum atomic E-state index is 12.6. The molecule has 1 aromatic carbocycles. The number of morpholine rings is 1. The first-order valence-electron chi connectivity index (χ1n) is 9.36. The molecule has 2 saturated heterocycles. The molecule has 2 aliphatic heterocycles. The van der Waals surface area contributed by atoms with Gasteiger partial charge < -0.3 is 4.74 Å². The van der Waals surface area contributed by atoms with Gasteiger partial charge in [-0.3, -0.25) is 4.90 Å². The first-order chi connectivity index (χ1) is 12.0. The normalized spacial score (nSPS) is 21.7. The number of hydrogen-bond acceptors (Lipinski definition) is 4. The third-order valence-corrected chi connectivity index (χ3v) is 7.43. The molecular formula is C19H30N2O3S. The summed E-state index contributed by atoms with van der Waals surface area (Å²) in [6.07, 6.45) is 2.53. The Kier molecular flexibility index (Phi) is 6.15. The third-order valence-electron chi connectivity index (χ3n) is 5.51. The van der Waals surface area contributed by atoms with Crippen LogP contribution in [0.1, 0.15) is 32.3 Å². The highest BCUT2D eigenvalue weighted by atomic mass is 32.2. The summed E-state index contributed by atoms with van der Waals surface area (Å²) in [5.74, 6) is 1.61. The van der Waals surface area contributed by atoms with Crippen molar-refractivity contribution in [3.05, 3.63) is 29.8 Å². The fourth-order valence-electron chi connectivity index (χ4n) is 3.74. The minimum absolute atomic E-state index is 0.386. The van der Waals surface area contributed by atoms with E-state index in [1.807, 2.05) is 12.1 Å². The molecule has 0 atom stereocenters. The van der Waals surface area contributed by atoms with Crippen molar-refractivity contribution < 1.29 is 13.2 Å². The van der Waals surface area contributed by atoms with Crippen molar-refractivity contribution in [1.82, 2.24) is 9.21 Å². The van der Waals surface area contributed by atoms with Crippen LogP contribution in [0.4, 0.5) is 0 Å². The number of sulfonamides is 1. The predicted molar refractivity (Wildman–Crippen MR) is 98.9 cm³/mol. The molecule has 0 aromatic heterocycles. The monoisotopic (exact) mass is 366 g/mol. The van der Waals surface area contributed by atoms with Gasteiger partial charge in [-0.25, -0.2) is 8.42 Å². The molecule has 0 saturated carbocycles. The van der Waals surface area contributed by atoms with E-state index in [-0.39, 0.29) is 0 Å². The van der Waals surface area contributed by atoms with Crippen molar-refractivity contribution in [2.24, 2.45) is 11.8 Å². The molecule has 25 heavy (non-hydrogen) atoms. The van der Waals surface area contributed by atoms with Crippen LogP contribution in [0.5, 0.6) is 0 Å². The summed E-state index contributed by atoms with van der Waals surface area (Å²) in [7, 11) is -3.39. The SMILES string of the molecule is CC(C)C1CCN(Cc2ccc(S(=O)(=O)N3CCOCC3)cc2)CC1. The van der Waals surface area contributed by atoms with Gasteiger partial charge >= 0.3 is 0 Å². The molecule has 0 aliphatic carbocycles. The molecule has 0 bridgehead atoms. The summed E-state index contributed by atoms with van der Waals surface area (Å²) in [4.78, 5) is 2.86. The van der Waals surface area contributed by atoms with Crippen LogP contribution in [-0.4, -0.2) is 57.0 Å². The van der Waals surface area contributed by atoms with Crippen LogP contribution in [0.15, 0.2) is 29.2 Å². The molecule has 5 nitrogen and oxygen atoms in total. The van der Waals surface area contributed by atoms with E-state index in [9.17, 15) is 8.42 Å². The molecule has 2 heterocycles. The zero-order chi connectivity index (χ0) is 17.9. The average Bonchev–Trinajstić information content (AvgIpc) is 2.63. The van der Waals surface area contributed by atoms with Crippen LogP contribution >= 0.6 is 0 Å². The van der Waals surface area contributed by atoms with Crippen molar-refractivity contribution in [1.29, 1.82) is 0 Å². The van der Waals surface area contributed by atoms with Crippen LogP contribution in [0.2, 0.25) is 0 Å². The van der Waals surface area contributed by atoms with E-state index in [2.05, 4.69) is 18.7 Å². The van der Waals surface area contributed by atoms with E-state index in [4.69, 9.17) is 4.74 Å². The van der Waals surface area contributed by atoms with Crippen LogP contribution in [0, 0.1) is 11.8 Å². The number of nitrogens with zero attached hydrogens (tertiary/aromatic N) is 2. The summed E-state index contributed by atoms with van der Waals surface area (Å²) in [6.45, 7) is 9.63. The van der Waals surface area contributed by atoms with Gasteiger partial charge in [-0.1, -0.05) is 26.0 Å². The molecule has 0 radical (unpaired) electrons. The molecule has 3 rings (SSSR count). The summed E-state index contributed by atoms with van der Waals surface area (Å²) in [5, 5.41) is 0. The maximum Gasteiger partial charge on any atom is 0.243 e. The van der Waals surface area contributed by atoms with Gasteiger partial charge in [0, 0.05) is 19.6 Å². The van der Waals surface area contributed by atoms with E-state index >= 15 is 0 Å². The van der Waals surface area contributed by atoms with Crippen molar-refractivity contribution in [3.63, 3.8) is 0 Å². The molecule has 0 unspecified atom stereocenters. The Bertz CT molecular complexity index is 644. The van der Waals surface area contributed by atoms with E-state index in [0.29, 0.717) is 31.2 Å². The van der Waals surface area contributed by atoms with Crippen molar-refractivity contribution in [3.8, 4) is 0 Å². The summed E-state index contributed by atoms with van der Waals surface area (Å²) in [6, 6.07) is 7.42. The topological polar surface area (TPSA) is 49.9 Å². The van der Waals surface area contributed by atoms with Crippen LogP contribution in [0.3, 0.4) is 0 Å². The van der Waals surface area contributed by atoms with Crippen molar-refractivity contribution in [2.45, 2.75) is 38.1 Å². The second-order valence-electron chi connectivity index (χ2n) is 7.52. The Morgan fingerprint density at radius 1 is 1.04 bits per heavy atom. The minimum Gasteiger partial charge on any atom is -0.379 e. The molecule has 2 aliphatic rings. The van der Waals surface area contributed by atoms with Gasteiger partial charge in [-0.05, 0) is 55.5 Å². The summed E-state index contributed by atoms with van der Waals surface area (Å²) >= 11 is 0. The Balaban J connectivity index is 1.59. The second-order valence-corrected chi connectivity index (χ2v) is 9.46. The zero-order valence-corrected chi connectivity index (χ0v) is 16.2. The highest BCUT2D eigenvalue weighted by Gasteiger charge is 2.26. The molecular weight excluding hydrogens is 336 g/mol. The van der Waals surface area contributed by atoms with Crippen LogP contribution in [0.25, 0.3) is 0 Å². The van der Waals surface area contributed by atoms with Gasteiger partial charge in [0.25, 0.3) is 0 Å². The van der Waals surface area contributed by atoms with E-state index in [1.165, 1.54) is 22.7 Å². The first-order valence-corrected chi connectivity index (χ1v) is 10.8. The lowest BCUT2D eigenvalue weighted by Gasteiger charge is -2.33. The summed E-state index contributed by atoms with van der Waals surface area (Å²) < 4.78 is 32.1. The number of ether oxygens (including phenoxy) is 1. The van der Waals surface area contributed by atoms with Crippen molar-refractivity contribution in [2.75, 3.05) is 39.4 Å². The fourth-order valence-corrected chi connectivity index (χ4v) is 5.15. The molecule has 0 amide bonds. The van der Waals surface area contributed by atoms with E-state index in [0.717, 1.165) is 31.5 Å². The maximum absolute atomic E-state index is 12.6.